The molecule has 2 aromatic carbocycles. The Morgan fingerprint density at radius 2 is 1.80 bits per heavy atom. The van der Waals surface area contributed by atoms with E-state index in [0.29, 0.717) is 6.61 Å². The fourth-order valence-corrected chi connectivity index (χ4v) is 3.89. The van der Waals surface area contributed by atoms with Gasteiger partial charge in [-0.1, -0.05) is 12.1 Å². The van der Waals surface area contributed by atoms with Gasteiger partial charge in [0.05, 0.1) is 15.6 Å². The van der Waals surface area contributed by atoms with E-state index >= 15 is 0 Å². The van der Waals surface area contributed by atoms with Gasteiger partial charge in [-0.05, 0) is 91.2 Å². The third-order valence-corrected chi connectivity index (χ3v) is 4.82. The summed E-state index contributed by atoms with van der Waals surface area (Å²) in [5.41, 5.74) is 2.33. The first-order valence-electron chi connectivity index (χ1n) is 6.21. The minimum Gasteiger partial charge on any atom is -0.492 e. The maximum atomic E-state index is 5.59. The Balaban J connectivity index is 2.13. The van der Waals surface area contributed by atoms with E-state index in [1.165, 1.54) is 9.13 Å². The zero-order valence-electron chi connectivity index (χ0n) is 10.9. The van der Waals surface area contributed by atoms with Crippen LogP contribution in [0.5, 0.6) is 5.75 Å². The monoisotopic (exact) mass is 509 g/mol. The van der Waals surface area contributed by atoms with Gasteiger partial charge < -0.3 is 10.1 Å². The summed E-state index contributed by atoms with van der Waals surface area (Å²) in [5.74, 6) is 0.852. The van der Waals surface area contributed by atoms with E-state index < -0.39 is 0 Å². The number of ether oxygens (including phenoxy) is 1. The second-order valence-corrected chi connectivity index (χ2v) is 7.03. The lowest BCUT2D eigenvalue weighted by atomic mass is 10.2. The molecule has 0 saturated heterocycles. The number of nitrogens with one attached hydrogen (secondary N) is 1. The van der Waals surface area contributed by atoms with Gasteiger partial charge in [0.2, 0.25) is 0 Å². The fourth-order valence-electron chi connectivity index (χ4n) is 1.80. The second kappa shape index (κ2) is 7.66. The van der Waals surface area contributed by atoms with Crippen LogP contribution in [0.3, 0.4) is 0 Å². The first-order valence-corrected chi connectivity index (χ1v) is 8.87. The molecule has 0 heterocycles. The van der Waals surface area contributed by atoms with Crippen LogP contribution in [0.25, 0.3) is 0 Å². The van der Waals surface area contributed by atoms with E-state index in [1.54, 1.807) is 0 Å². The molecule has 0 bridgehead atoms. The van der Waals surface area contributed by atoms with Crippen LogP contribution >= 0.6 is 54.5 Å². The van der Waals surface area contributed by atoms with E-state index in [4.69, 9.17) is 4.74 Å². The van der Waals surface area contributed by atoms with Gasteiger partial charge in [-0.2, -0.15) is 0 Å². The van der Waals surface area contributed by atoms with Crippen LogP contribution in [-0.2, 0) is 6.54 Å². The molecular formula is C15H14Br2INO. The Kier molecular flexibility index (Phi) is 6.17. The zero-order valence-corrected chi connectivity index (χ0v) is 16.2. The van der Waals surface area contributed by atoms with Gasteiger partial charge in [-0.3, -0.25) is 0 Å². The first-order chi connectivity index (χ1) is 9.61. The lowest BCUT2D eigenvalue weighted by molar-refractivity contribution is 0.336. The molecule has 0 fully saturated rings. The van der Waals surface area contributed by atoms with Crippen molar-refractivity contribution in [2.24, 2.45) is 0 Å². The maximum absolute atomic E-state index is 5.59. The van der Waals surface area contributed by atoms with Crippen molar-refractivity contribution in [1.29, 1.82) is 0 Å². The SMILES string of the molecule is CCOc1c(Br)cc(CNc2ccccc2I)cc1Br. The number of rotatable bonds is 5. The van der Waals surface area contributed by atoms with Gasteiger partial charge >= 0.3 is 0 Å². The molecule has 0 aromatic heterocycles. The van der Waals surface area contributed by atoms with Gasteiger partial charge in [0.25, 0.3) is 0 Å². The van der Waals surface area contributed by atoms with Crippen molar-refractivity contribution < 1.29 is 4.74 Å². The Hall–Kier alpha value is -0.270. The van der Waals surface area contributed by atoms with Crippen LogP contribution in [0.1, 0.15) is 12.5 Å². The third kappa shape index (κ3) is 4.11. The average Bonchev–Trinajstić information content (AvgIpc) is 2.42. The first kappa shape index (κ1) is 16.1. The summed E-state index contributed by atoms with van der Waals surface area (Å²) < 4.78 is 8.74. The van der Waals surface area contributed by atoms with Crippen molar-refractivity contribution in [2.45, 2.75) is 13.5 Å². The molecule has 0 spiro atoms. The molecule has 106 valence electrons. The zero-order chi connectivity index (χ0) is 14.5. The molecule has 0 amide bonds. The molecule has 0 atom stereocenters. The average molecular weight is 511 g/mol. The molecule has 1 N–H and O–H groups in total. The Morgan fingerprint density at radius 3 is 2.40 bits per heavy atom. The molecule has 0 radical (unpaired) electrons. The number of hydrogen-bond acceptors (Lipinski definition) is 2. The predicted molar refractivity (Wildman–Crippen MR) is 99.5 cm³/mol. The number of anilines is 1. The summed E-state index contributed by atoms with van der Waals surface area (Å²) in [7, 11) is 0. The Bertz CT molecular complexity index is 581. The fraction of sp³-hybridized carbons (Fsp3) is 0.200. The number of benzene rings is 2. The molecule has 2 aromatic rings. The van der Waals surface area contributed by atoms with E-state index in [9.17, 15) is 0 Å². The molecule has 0 aliphatic heterocycles. The maximum Gasteiger partial charge on any atom is 0.147 e. The van der Waals surface area contributed by atoms with Crippen LogP contribution in [-0.4, -0.2) is 6.61 Å². The number of para-hydroxylation sites is 1. The summed E-state index contributed by atoms with van der Waals surface area (Å²) >= 11 is 9.44. The quantitative estimate of drug-likeness (QED) is 0.511. The summed E-state index contributed by atoms with van der Waals surface area (Å²) in [6.07, 6.45) is 0. The largest absolute Gasteiger partial charge is 0.492 e. The van der Waals surface area contributed by atoms with Crippen molar-refractivity contribution in [3.63, 3.8) is 0 Å². The molecular weight excluding hydrogens is 497 g/mol. The van der Waals surface area contributed by atoms with E-state index in [1.807, 2.05) is 19.1 Å². The lowest BCUT2D eigenvalue weighted by Crippen LogP contribution is -2.02. The van der Waals surface area contributed by atoms with Crippen molar-refractivity contribution in [3.8, 4) is 5.75 Å². The standard InChI is InChI=1S/C15H14Br2INO/c1-2-20-15-11(16)7-10(8-12(15)17)9-19-14-6-4-3-5-13(14)18/h3-8,19H,2,9H2,1H3. The van der Waals surface area contributed by atoms with E-state index in [2.05, 4.69) is 84.0 Å². The lowest BCUT2D eigenvalue weighted by Gasteiger charge is -2.12. The van der Waals surface area contributed by atoms with Crippen LogP contribution in [0, 0.1) is 3.57 Å². The molecule has 2 rings (SSSR count). The highest BCUT2D eigenvalue weighted by Gasteiger charge is 2.08. The summed E-state index contributed by atoms with van der Waals surface area (Å²) in [6.45, 7) is 3.40. The minimum atomic E-state index is 0.650. The van der Waals surface area contributed by atoms with Gasteiger partial charge in [-0.15, -0.1) is 0 Å². The molecule has 0 aliphatic carbocycles. The Morgan fingerprint density at radius 1 is 1.15 bits per heavy atom. The number of halogens is 3. The van der Waals surface area contributed by atoms with Crippen molar-refractivity contribution in [1.82, 2.24) is 0 Å². The second-order valence-electron chi connectivity index (χ2n) is 4.16. The molecule has 2 nitrogen and oxygen atoms in total. The highest BCUT2D eigenvalue weighted by molar-refractivity contribution is 14.1. The molecule has 0 saturated carbocycles. The van der Waals surface area contributed by atoms with Gasteiger partial charge in [0.15, 0.2) is 0 Å². The predicted octanol–water partition coefficient (Wildman–Crippen LogP) is 5.83. The van der Waals surface area contributed by atoms with Gasteiger partial charge in [0, 0.05) is 15.8 Å². The third-order valence-electron chi connectivity index (χ3n) is 2.70. The van der Waals surface area contributed by atoms with E-state index in [0.717, 1.165) is 26.9 Å². The van der Waals surface area contributed by atoms with Crippen molar-refractivity contribution in [3.05, 3.63) is 54.5 Å². The number of hydrogen-bond donors (Lipinski definition) is 1. The Labute approximate surface area is 149 Å². The smallest absolute Gasteiger partial charge is 0.147 e. The topological polar surface area (TPSA) is 21.3 Å². The summed E-state index contributed by atoms with van der Waals surface area (Å²) in [6, 6.07) is 12.4. The molecule has 20 heavy (non-hydrogen) atoms. The highest BCUT2D eigenvalue weighted by atomic mass is 127. The van der Waals surface area contributed by atoms with Gasteiger partial charge in [0.1, 0.15) is 5.75 Å². The molecule has 0 aliphatic rings. The summed E-state index contributed by atoms with van der Waals surface area (Å²) in [4.78, 5) is 0. The minimum absolute atomic E-state index is 0.650. The molecule has 5 heteroatoms. The van der Waals surface area contributed by atoms with Crippen LogP contribution in [0.2, 0.25) is 0 Å². The van der Waals surface area contributed by atoms with Crippen LogP contribution < -0.4 is 10.1 Å². The van der Waals surface area contributed by atoms with Gasteiger partial charge in [-0.25, -0.2) is 0 Å². The van der Waals surface area contributed by atoms with Crippen molar-refractivity contribution in [2.75, 3.05) is 11.9 Å². The van der Waals surface area contributed by atoms with Crippen molar-refractivity contribution >= 4 is 60.1 Å². The molecule has 0 unspecified atom stereocenters. The van der Waals surface area contributed by atoms with Crippen LogP contribution in [0.15, 0.2) is 45.3 Å². The van der Waals surface area contributed by atoms with Crippen LogP contribution in [0.4, 0.5) is 5.69 Å². The summed E-state index contributed by atoms with van der Waals surface area (Å²) in [5, 5.41) is 3.45. The highest BCUT2D eigenvalue weighted by Crippen LogP contribution is 2.35. The normalized spacial score (nSPS) is 10.4. The van der Waals surface area contributed by atoms with E-state index in [-0.39, 0.29) is 0 Å².